The molecule has 15 heavy (non-hydrogen) atoms. The first kappa shape index (κ1) is 11.6. The number of ether oxygens (including phenoxy) is 1. The number of hydrogen-bond donors (Lipinski definition) is 1. The van der Waals surface area contributed by atoms with E-state index in [1.165, 1.54) is 6.26 Å². The number of aromatic nitrogens is 1. The molecule has 1 N–H and O–H groups in total. The van der Waals surface area contributed by atoms with Gasteiger partial charge < -0.3 is 9.15 Å². The van der Waals surface area contributed by atoms with Crippen LogP contribution >= 0.6 is 0 Å². The molecular weight excluding hydrogens is 196 g/mol. The van der Waals surface area contributed by atoms with E-state index < -0.39 is 6.09 Å². The Hall–Kier alpha value is -1.52. The lowest BCUT2D eigenvalue weighted by atomic mass is 10.1. The van der Waals surface area contributed by atoms with Crippen LogP contribution in [-0.4, -0.2) is 17.7 Å². The van der Waals surface area contributed by atoms with Crippen LogP contribution in [0, 0.1) is 12.8 Å². The number of rotatable bonds is 4. The second-order valence-corrected chi connectivity index (χ2v) is 3.49. The molecule has 0 aliphatic carbocycles. The van der Waals surface area contributed by atoms with Crippen LogP contribution in [-0.2, 0) is 4.74 Å². The summed E-state index contributed by atoms with van der Waals surface area (Å²) in [4.78, 5) is 15.1. The van der Waals surface area contributed by atoms with Gasteiger partial charge in [0.2, 0.25) is 0 Å². The number of nitrogens with one attached hydrogen (secondary N) is 1. The fourth-order valence-electron chi connectivity index (χ4n) is 0.897. The van der Waals surface area contributed by atoms with Crippen LogP contribution in [0.1, 0.15) is 26.2 Å². The van der Waals surface area contributed by atoms with Crippen molar-refractivity contribution in [3.8, 4) is 0 Å². The molecule has 84 valence electrons. The van der Waals surface area contributed by atoms with Gasteiger partial charge in [0.15, 0.2) is 11.7 Å². The Morgan fingerprint density at radius 2 is 2.47 bits per heavy atom. The van der Waals surface area contributed by atoms with Crippen molar-refractivity contribution in [1.82, 2.24) is 4.98 Å². The van der Waals surface area contributed by atoms with E-state index in [9.17, 15) is 4.79 Å². The van der Waals surface area contributed by atoms with Gasteiger partial charge in [-0.05, 0) is 5.92 Å². The highest BCUT2D eigenvalue weighted by Gasteiger charge is 2.08. The van der Waals surface area contributed by atoms with Crippen molar-refractivity contribution in [3.63, 3.8) is 0 Å². The monoisotopic (exact) mass is 212 g/mol. The fraction of sp³-hybridized carbons (Fsp3) is 0.600. The number of anilines is 1. The largest absolute Gasteiger partial charge is 0.449 e. The Morgan fingerprint density at radius 1 is 1.73 bits per heavy atom. The topological polar surface area (TPSA) is 64.4 Å². The van der Waals surface area contributed by atoms with E-state index in [0.29, 0.717) is 24.2 Å². The number of amides is 1. The third-order valence-corrected chi connectivity index (χ3v) is 2.05. The molecule has 0 bridgehead atoms. The molecule has 0 aliphatic heterocycles. The van der Waals surface area contributed by atoms with E-state index in [1.807, 2.05) is 13.8 Å². The summed E-state index contributed by atoms with van der Waals surface area (Å²) in [5.74, 6) is 1.25. The standard InChI is InChI=1S/C10H16N2O3/c1-4-7(2)5-15-10(13)12-9-6-14-8(3)11-9/h6-7H,4-5H2,1-3H3,(H,12,13)/t7-/m1/s1. The van der Waals surface area contributed by atoms with Gasteiger partial charge in [-0.1, -0.05) is 20.3 Å². The van der Waals surface area contributed by atoms with Crippen LogP contribution < -0.4 is 5.32 Å². The average molecular weight is 212 g/mol. The van der Waals surface area contributed by atoms with Gasteiger partial charge >= 0.3 is 6.09 Å². The molecule has 1 aromatic rings. The molecule has 0 unspecified atom stereocenters. The van der Waals surface area contributed by atoms with E-state index in [-0.39, 0.29) is 0 Å². The molecule has 1 aromatic heterocycles. The molecule has 5 nitrogen and oxygen atoms in total. The summed E-state index contributed by atoms with van der Waals surface area (Å²) in [6.45, 7) is 6.19. The van der Waals surface area contributed by atoms with Crippen molar-refractivity contribution < 1.29 is 13.9 Å². The fourth-order valence-corrected chi connectivity index (χ4v) is 0.897. The lowest BCUT2D eigenvalue weighted by molar-refractivity contribution is 0.143. The minimum atomic E-state index is -0.497. The Bertz CT molecular complexity index is 322. The average Bonchev–Trinajstić information content (AvgIpc) is 2.60. The highest BCUT2D eigenvalue weighted by Crippen LogP contribution is 2.07. The lowest BCUT2D eigenvalue weighted by Gasteiger charge is -2.08. The van der Waals surface area contributed by atoms with E-state index in [4.69, 9.17) is 9.15 Å². The maximum atomic E-state index is 11.2. The Balaban J connectivity index is 2.30. The number of carbonyl (C=O) groups excluding carboxylic acids is 1. The summed E-state index contributed by atoms with van der Waals surface area (Å²) in [6, 6.07) is 0. The normalized spacial score (nSPS) is 12.2. The van der Waals surface area contributed by atoms with E-state index in [2.05, 4.69) is 10.3 Å². The second-order valence-electron chi connectivity index (χ2n) is 3.49. The van der Waals surface area contributed by atoms with Gasteiger partial charge in [0.1, 0.15) is 6.26 Å². The predicted molar refractivity (Wildman–Crippen MR) is 55.7 cm³/mol. The van der Waals surface area contributed by atoms with Gasteiger partial charge in [-0.25, -0.2) is 4.79 Å². The summed E-state index contributed by atoms with van der Waals surface area (Å²) in [7, 11) is 0. The summed E-state index contributed by atoms with van der Waals surface area (Å²) < 4.78 is 9.91. The van der Waals surface area contributed by atoms with Crippen molar-refractivity contribution in [2.75, 3.05) is 11.9 Å². The van der Waals surface area contributed by atoms with E-state index >= 15 is 0 Å². The third kappa shape index (κ3) is 4.01. The van der Waals surface area contributed by atoms with Gasteiger partial charge in [0.05, 0.1) is 6.61 Å². The molecule has 0 aromatic carbocycles. The summed E-state index contributed by atoms with van der Waals surface area (Å²) >= 11 is 0. The number of hydrogen-bond acceptors (Lipinski definition) is 4. The summed E-state index contributed by atoms with van der Waals surface area (Å²) in [5, 5.41) is 2.48. The van der Waals surface area contributed by atoms with Crippen molar-refractivity contribution in [3.05, 3.63) is 12.2 Å². The molecule has 0 aliphatic rings. The van der Waals surface area contributed by atoms with Crippen molar-refractivity contribution >= 4 is 11.9 Å². The van der Waals surface area contributed by atoms with Gasteiger partial charge in [-0.3, -0.25) is 5.32 Å². The van der Waals surface area contributed by atoms with Crippen molar-refractivity contribution in [1.29, 1.82) is 0 Å². The van der Waals surface area contributed by atoms with Gasteiger partial charge in [-0.15, -0.1) is 0 Å². The Kier molecular flexibility index (Phi) is 4.15. The molecular formula is C10H16N2O3. The number of carbonyl (C=O) groups is 1. The van der Waals surface area contributed by atoms with Crippen molar-refractivity contribution in [2.24, 2.45) is 5.92 Å². The number of nitrogens with zero attached hydrogens (tertiary/aromatic N) is 1. The first-order chi connectivity index (χ1) is 7.11. The molecule has 0 saturated heterocycles. The molecule has 0 radical (unpaired) electrons. The minimum absolute atomic E-state index is 0.370. The van der Waals surface area contributed by atoms with Gasteiger partial charge in [-0.2, -0.15) is 4.98 Å². The van der Waals surface area contributed by atoms with Crippen LogP contribution in [0.25, 0.3) is 0 Å². The summed E-state index contributed by atoms with van der Waals surface area (Å²) in [5.41, 5.74) is 0. The summed E-state index contributed by atoms with van der Waals surface area (Å²) in [6.07, 6.45) is 1.86. The third-order valence-electron chi connectivity index (χ3n) is 2.05. The van der Waals surface area contributed by atoms with E-state index in [0.717, 1.165) is 6.42 Å². The first-order valence-corrected chi connectivity index (χ1v) is 4.97. The maximum absolute atomic E-state index is 11.2. The minimum Gasteiger partial charge on any atom is -0.449 e. The number of oxazole rings is 1. The molecule has 0 fully saturated rings. The lowest BCUT2D eigenvalue weighted by Crippen LogP contribution is -2.17. The highest BCUT2D eigenvalue weighted by atomic mass is 16.5. The molecule has 0 spiro atoms. The zero-order chi connectivity index (χ0) is 11.3. The molecule has 1 atom stereocenters. The van der Waals surface area contributed by atoms with Crippen LogP contribution in [0.4, 0.5) is 10.6 Å². The first-order valence-electron chi connectivity index (χ1n) is 4.97. The maximum Gasteiger partial charge on any atom is 0.412 e. The highest BCUT2D eigenvalue weighted by molar-refractivity contribution is 5.82. The van der Waals surface area contributed by atoms with Crippen LogP contribution in [0.3, 0.4) is 0 Å². The quantitative estimate of drug-likeness (QED) is 0.833. The Labute approximate surface area is 88.8 Å². The Morgan fingerprint density at radius 3 is 3.00 bits per heavy atom. The van der Waals surface area contributed by atoms with Crippen LogP contribution in [0.5, 0.6) is 0 Å². The zero-order valence-electron chi connectivity index (χ0n) is 9.24. The SMILES string of the molecule is CC[C@@H](C)COC(=O)Nc1coc(C)n1. The number of aryl methyl sites for hydroxylation is 1. The predicted octanol–water partition coefficient (Wildman–Crippen LogP) is 2.58. The smallest absolute Gasteiger partial charge is 0.412 e. The van der Waals surface area contributed by atoms with E-state index in [1.54, 1.807) is 6.92 Å². The molecule has 1 rings (SSSR count). The molecule has 1 heterocycles. The molecule has 5 heteroatoms. The van der Waals surface area contributed by atoms with Gasteiger partial charge in [0.25, 0.3) is 0 Å². The zero-order valence-corrected chi connectivity index (χ0v) is 9.24. The van der Waals surface area contributed by atoms with Crippen LogP contribution in [0.15, 0.2) is 10.7 Å². The molecule has 1 amide bonds. The van der Waals surface area contributed by atoms with Crippen LogP contribution in [0.2, 0.25) is 0 Å². The van der Waals surface area contributed by atoms with Crippen molar-refractivity contribution in [2.45, 2.75) is 27.2 Å². The second kappa shape index (κ2) is 5.38. The molecule has 0 saturated carbocycles. The van der Waals surface area contributed by atoms with Gasteiger partial charge in [0, 0.05) is 6.92 Å².